The highest BCUT2D eigenvalue weighted by molar-refractivity contribution is 5.98. The summed E-state index contributed by atoms with van der Waals surface area (Å²) in [7, 11) is 0. The van der Waals surface area contributed by atoms with Crippen LogP contribution in [0.4, 0.5) is 0 Å². The van der Waals surface area contributed by atoms with Gasteiger partial charge in [-0.15, -0.1) is 0 Å². The van der Waals surface area contributed by atoms with Gasteiger partial charge in [0.1, 0.15) is 0 Å². The third-order valence-electron chi connectivity index (χ3n) is 5.21. The Morgan fingerprint density at radius 2 is 1.74 bits per heavy atom. The predicted octanol–water partition coefficient (Wildman–Crippen LogP) is 3.20. The summed E-state index contributed by atoms with van der Waals surface area (Å²) in [6.07, 6.45) is 3.65. The fraction of sp³-hybridized carbons (Fsp3) is 0.318. The van der Waals surface area contributed by atoms with Gasteiger partial charge in [-0.2, -0.15) is 0 Å². The lowest BCUT2D eigenvalue weighted by atomic mass is 10.1. The Labute approximate surface area is 159 Å². The summed E-state index contributed by atoms with van der Waals surface area (Å²) in [5.74, 6) is 0.0898. The normalized spacial score (nSPS) is 15.3. The molecule has 1 saturated heterocycles. The van der Waals surface area contributed by atoms with Crippen LogP contribution >= 0.6 is 0 Å². The average molecular weight is 360 g/mol. The molecule has 0 spiro atoms. The number of carbonyl (C=O) groups is 1. The lowest BCUT2D eigenvalue weighted by Crippen LogP contribution is -2.48. The number of hydrogen-bond acceptors (Lipinski definition) is 4. The largest absolute Gasteiger partial charge is 0.336 e. The fourth-order valence-electron chi connectivity index (χ4n) is 3.63. The lowest BCUT2D eigenvalue weighted by molar-refractivity contribution is 0.0627. The van der Waals surface area contributed by atoms with Crippen LogP contribution < -0.4 is 0 Å². The first-order chi connectivity index (χ1) is 13.1. The van der Waals surface area contributed by atoms with Crippen LogP contribution in [0, 0.1) is 13.8 Å². The third kappa shape index (κ3) is 3.83. The molecule has 138 valence electrons. The summed E-state index contributed by atoms with van der Waals surface area (Å²) in [4.78, 5) is 26.1. The number of nitrogens with zero attached hydrogens (tertiary/aromatic N) is 4. The van der Waals surface area contributed by atoms with Gasteiger partial charge in [0.25, 0.3) is 5.91 Å². The smallest absolute Gasteiger partial charge is 0.255 e. The van der Waals surface area contributed by atoms with Gasteiger partial charge < -0.3 is 4.90 Å². The predicted molar refractivity (Wildman–Crippen MR) is 107 cm³/mol. The summed E-state index contributed by atoms with van der Waals surface area (Å²) in [6.45, 7) is 8.14. The van der Waals surface area contributed by atoms with Gasteiger partial charge in [-0.25, -0.2) is 0 Å². The van der Waals surface area contributed by atoms with Crippen LogP contribution in [0.3, 0.4) is 0 Å². The minimum Gasteiger partial charge on any atom is -0.336 e. The Morgan fingerprint density at radius 3 is 2.48 bits per heavy atom. The SMILES string of the molecule is Cc1ccc2nc(C)c(C(=O)N3CCN(Cc4ccncc4)CC3)cc2c1. The fourth-order valence-corrected chi connectivity index (χ4v) is 3.63. The molecule has 1 amide bonds. The molecule has 3 aromatic rings. The topological polar surface area (TPSA) is 49.3 Å². The Kier molecular flexibility index (Phi) is 4.86. The van der Waals surface area contributed by atoms with Crippen LogP contribution in [0.15, 0.2) is 48.8 Å². The Balaban J connectivity index is 1.46. The van der Waals surface area contributed by atoms with E-state index in [4.69, 9.17) is 0 Å². The number of fused-ring (bicyclic) bond motifs is 1. The van der Waals surface area contributed by atoms with Crippen molar-refractivity contribution in [3.05, 3.63) is 71.2 Å². The molecule has 27 heavy (non-hydrogen) atoms. The minimum absolute atomic E-state index is 0.0898. The van der Waals surface area contributed by atoms with Crippen molar-refractivity contribution in [2.45, 2.75) is 20.4 Å². The second-order valence-electron chi connectivity index (χ2n) is 7.24. The number of piperazine rings is 1. The van der Waals surface area contributed by atoms with Crippen molar-refractivity contribution in [2.75, 3.05) is 26.2 Å². The monoisotopic (exact) mass is 360 g/mol. The number of amides is 1. The van der Waals surface area contributed by atoms with Gasteiger partial charge in [0.2, 0.25) is 0 Å². The number of benzene rings is 1. The van der Waals surface area contributed by atoms with Crippen LogP contribution in [0.2, 0.25) is 0 Å². The van der Waals surface area contributed by atoms with E-state index in [1.807, 2.05) is 48.5 Å². The van der Waals surface area contributed by atoms with Gasteiger partial charge in [-0.05, 0) is 49.7 Å². The van der Waals surface area contributed by atoms with Crippen molar-refractivity contribution in [3.63, 3.8) is 0 Å². The number of carbonyl (C=O) groups excluding carboxylic acids is 1. The van der Waals surface area contributed by atoms with E-state index < -0.39 is 0 Å². The summed E-state index contributed by atoms with van der Waals surface area (Å²) < 4.78 is 0. The molecule has 1 aliphatic rings. The van der Waals surface area contributed by atoms with E-state index >= 15 is 0 Å². The Hall–Kier alpha value is -2.79. The van der Waals surface area contributed by atoms with Gasteiger partial charge >= 0.3 is 0 Å². The third-order valence-corrected chi connectivity index (χ3v) is 5.21. The van der Waals surface area contributed by atoms with Gasteiger partial charge in [-0.1, -0.05) is 11.6 Å². The van der Waals surface area contributed by atoms with Crippen LogP contribution in [0.5, 0.6) is 0 Å². The van der Waals surface area contributed by atoms with Gasteiger partial charge in [-0.3, -0.25) is 19.7 Å². The molecule has 1 aliphatic heterocycles. The number of aromatic nitrogens is 2. The quantitative estimate of drug-likeness (QED) is 0.720. The second kappa shape index (κ2) is 7.45. The highest BCUT2D eigenvalue weighted by Gasteiger charge is 2.24. The molecule has 0 atom stereocenters. The molecule has 0 aliphatic carbocycles. The molecule has 0 unspecified atom stereocenters. The van der Waals surface area contributed by atoms with Crippen molar-refractivity contribution in [1.82, 2.24) is 19.8 Å². The lowest BCUT2D eigenvalue weighted by Gasteiger charge is -2.35. The number of rotatable bonds is 3. The van der Waals surface area contributed by atoms with Gasteiger partial charge in [0.05, 0.1) is 16.8 Å². The maximum Gasteiger partial charge on any atom is 0.255 e. The molecule has 0 radical (unpaired) electrons. The molecule has 1 fully saturated rings. The summed E-state index contributed by atoms with van der Waals surface area (Å²) in [6, 6.07) is 12.2. The maximum absolute atomic E-state index is 13.1. The molecule has 0 bridgehead atoms. The van der Waals surface area contributed by atoms with E-state index in [9.17, 15) is 4.79 Å². The first-order valence-corrected chi connectivity index (χ1v) is 9.39. The maximum atomic E-state index is 13.1. The van der Waals surface area contributed by atoms with Crippen LogP contribution in [-0.4, -0.2) is 51.9 Å². The summed E-state index contributed by atoms with van der Waals surface area (Å²) >= 11 is 0. The van der Waals surface area contributed by atoms with E-state index in [2.05, 4.69) is 33.9 Å². The summed E-state index contributed by atoms with van der Waals surface area (Å²) in [5, 5.41) is 1.03. The van der Waals surface area contributed by atoms with Crippen molar-refractivity contribution < 1.29 is 4.79 Å². The van der Waals surface area contributed by atoms with E-state index in [0.29, 0.717) is 0 Å². The standard InChI is InChI=1S/C22H24N4O/c1-16-3-4-21-19(13-16)14-20(17(2)24-21)22(27)26-11-9-25(10-12-26)15-18-5-7-23-8-6-18/h3-8,13-14H,9-12,15H2,1-2H3. The molecule has 1 aromatic carbocycles. The van der Waals surface area contributed by atoms with Crippen molar-refractivity contribution >= 4 is 16.8 Å². The van der Waals surface area contributed by atoms with Crippen molar-refractivity contribution in [2.24, 2.45) is 0 Å². The first-order valence-electron chi connectivity index (χ1n) is 9.39. The highest BCUT2D eigenvalue weighted by atomic mass is 16.2. The molecular formula is C22H24N4O. The zero-order valence-electron chi connectivity index (χ0n) is 15.9. The molecule has 4 rings (SSSR count). The number of hydrogen-bond donors (Lipinski definition) is 0. The van der Waals surface area contributed by atoms with E-state index in [-0.39, 0.29) is 5.91 Å². The van der Waals surface area contributed by atoms with Crippen LogP contribution in [-0.2, 0) is 6.54 Å². The number of pyridine rings is 2. The molecule has 3 heterocycles. The minimum atomic E-state index is 0.0898. The molecule has 0 N–H and O–H groups in total. The van der Waals surface area contributed by atoms with E-state index in [0.717, 1.165) is 54.9 Å². The zero-order valence-corrected chi connectivity index (χ0v) is 15.9. The summed E-state index contributed by atoms with van der Waals surface area (Å²) in [5.41, 5.74) is 4.90. The Morgan fingerprint density at radius 1 is 1.00 bits per heavy atom. The average Bonchev–Trinajstić information content (AvgIpc) is 2.69. The number of aryl methyl sites for hydroxylation is 2. The molecule has 5 nitrogen and oxygen atoms in total. The van der Waals surface area contributed by atoms with Crippen molar-refractivity contribution in [3.8, 4) is 0 Å². The molecule has 2 aromatic heterocycles. The van der Waals surface area contributed by atoms with E-state index in [1.54, 1.807) is 0 Å². The first kappa shape index (κ1) is 17.6. The van der Waals surface area contributed by atoms with Gasteiger partial charge in [0.15, 0.2) is 0 Å². The molecule has 5 heteroatoms. The second-order valence-corrected chi connectivity index (χ2v) is 7.24. The van der Waals surface area contributed by atoms with Crippen molar-refractivity contribution in [1.29, 1.82) is 0 Å². The zero-order chi connectivity index (χ0) is 18.8. The van der Waals surface area contributed by atoms with Crippen LogP contribution in [0.25, 0.3) is 10.9 Å². The van der Waals surface area contributed by atoms with E-state index in [1.165, 1.54) is 11.1 Å². The highest BCUT2D eigenvalue weighted by Crippen LogP contribution is 2.20. The molecular weight excluding hydrogens is 336 g/mol. The van der Waals surface area contributed by atoms with Gasteiger partial charge in [0, 0.05) is 50.5 Å². The molecule has 0 saturated carbocycles. The Bertz CT molecular complexity index is 963. The van der Waals surface area contributed by atoms with Crippen LogP contribution in [0.1, 0.15) is 27.2 Å².